The molecule has 2 aromatic rings. The van der Waals surface area contributed by atoms with E-state index >= 15 is 0 Å². The number of anilines is 1. The largest absolute Gasteiger partial charge is 0.359 e. The van der Waals surface area contributed by atoms with Crippen LogP contribution in [-0.4, -0.2) is 16.7 Å². The number of nitrogens with one attached hydrogen (secondary N) is 1. The molecule has 22 heavy (non-hydrogen) atoms. The Hall–Kier alpha value is -2.69. The van der Waals surface area contributed by atoms with Gasteiger partial charge in [0.15, 0.2) is 5.76 Å². The molecule has 112 valence electrons. The highest BCUT2D eigenvalue weighted by molar-refractivity contribution is 6.50. The van der Waals surface area contributed by atoms with E-state index in [9.17, 15) is 9.59 Å². The van der Waals surface area contributed by atoms with Crippen molar-refractivity contribution < 1.29 is 14.1 Å². The molecule has 1 aliphatic carbocycles. The summed E-state index contributed by atoms with van der Waals surface area (Å²) < 4.78 is 5.32. The number of fused-ring (bicyclic) bond motifs is 1. The summed E-state index contributed by atoms with van der Waals surface area (Å²) in [7, 11) is 0. The number of ketones is 2. The van der Waals surface area contributed by atoms with Gasteiger partial charge in [-0.2, -0.15) is 0 Å². The molecule has 0 bridgehead atoms. The zero-order valence-electron chi connectivity index (χ0n) is 12.5. The van der Waals surface area contributed by atoms with Gasteiger partial charge < -0.3 is 9.84 Å². The smallest absolute Gasteiger partial charge is 0.233 e. The molecule has 0 spiro atoms. The van der Waals surface area contributed by atoms with E-state index in [1.807, 2.05) is 19.1 Å². The van der Waals surface area contributed by atoms with E-state index in [4.69, 9.17) is 4.52 Å². The monoisotopic (exact) mass is 296 g/mol. The summed E-state index contributed by atoms with van der Waals surface area (Å²) in [6, 6.07) is 7.07. The van der Waals surface area contributed by atoms with Gasteiger partial charge in [-0.05, 0) is 13.3 Å². The molecule has 0 aliphatic heterocycles. The fourth-order valence-electron chi connectivity index (χ4n) is 2.54. The first-order valence-corrected chi connectivity index (χ1v) is 7.23. The zero-order chi connectivity index (χ0) is 15.7. The van der Waals surface area contributed by atoms with E-state index in [2.05, 4.69) is 17.4 Å². The summed E-state index contributed by atoms with van der Waals surface area (Å²) in [6.07, 6.45) is 3.02. The molecule has 0 radical (unpaired) electrons. The van der Waals surface area contributed by atoms with Gasteiger partial charge in [0.1, 0.15) is 11.4 Å². The van der Waals surface area contributed by atoms with Crippen molar-refractivity contribution in [3.63, 3.8) is 0 Å². The molecule has 3 rings (SSSR count). The minimum Gasteiger partial charge on any atom is -0.359 e. The topological polar surface area (TPSA) is 72.2 Å². The van der Waals surface area contributed by atoms with Crippen molar-refractivity contribution >= 4 is 23.0 Å². The molecule has 0 saturated heterocycles. The van der Waals surface area contributed by atoms with Crippen molar-refractivity contribution in [1.29, 1.82) is 0 Å². The van der Waals surface area contributed by atoms with E-state index in [1.165, 1.54) is 6.08 Å². The van der Waals surface area contributed by atoms with Gasteiger partial charge in [-0.1, -0.05) is 36.3 Å². The van der Waals surface area contributed by atoms with Crippen molar-refractivity contribution in [2.45, 2.75) is 26.7 Å². The van der Waals surface area contributed by atoms with E-state index in [-0.39, 0.29) is 0 Å². The average molecular weight is 296 g/mol. The van der Waals surface area contributed by atoms with Gasteiger partial charge in [-0.15, -0.1) is 0 Å². The van der Waals surface area contributed by atoms with Crippen molar-refractivity contribution in [3.8, 4) is 0 Å². The SMILES string of the molecule is CCCc1onc(C)c1NC1=CC(=O)C(=O)c2ccccc21. The van der Waals surface area contributed by atoms with Gasteiger partial charge in [-0.3, -0.25) is 9.59 Å². The molecule has 1 aromatic heterocycles. The van der Waals surface area contributed by atoms with Crippen LogP contribution in [0.3, 0.4) is 0 Å². The first-order chi connectivity index (χ1) is 10.6. The molecule has 5 heteroatoms. The van der Waals surface area contributed by atoms with E-state index in [0.29, 0.717) is 11.3 Å². The number of aryl methyl sites for hydroxylation is 2. The molecule has 0 amide bonds. The van der Waals surface area contributed by atoms with Crippen LogP contribution in [0.15, 0.2) is 34.9 Å². The molecule has 0 fully saturated rings. The van der Waals surface area contributed by atoms with Gasteiger partial charge in [-0.25, -0.2) is 0 Å². The number of carbonyl (C=O) groups excluding carboxylic acids is 2. The Morgan fingerprint density at radius 1 is 1.18 bits per heavy atom. The fourth-order valence-corrected chi connectivity index (χ4v) is 2.54. The van der Waals surface area contributed by atoms with Crippen LogP contribution in [0.2, 0.25) is 0 Å². The molecular weight excluding hydrogens is 280 g/mol. The van der Waals surface area contributed by atoms with Crippen LogP contribution < -0.4 is 5.32 Å². The number of benzene rings is 1. The molecule has 0 atom stereocenters. The molecular formula is C17H16N2O3. The van der Waals surface area contributed by atoms with Crippen LogP contribution in [0, 0.1) is 6.92 Å². The second-order valence-electron chi connectivity index (χ2n) is 5.24. The van der Waals surface area contributed by atoms with Crippen LogP contribution in [0.5, 0.6) is 0 Å². The molecule has 0 saturated carbocycles. The summed E-state index contributed by atoms with van der Waals surface area (Å²) in [5.41, 5.74) is 3.24. The number of hydrogen-bond acceptors (Lipinski definition) is 5. The average Bonchev–Trinajstić information content (AvgIpc) is 2.86. The number of Topliss-reactive ketones (excluding diaryl/α,β-unsaturated/α-hetero) is 1. The Morgan fingerprint density at radius 3 is 2.64 bits per heavy atom. The lowest BCUT2D eigenvalue weighted by Gasteiger charge is -2.17. The van der Waals surface area contributed by atoms with Crippen LogP contribution in [-0.2, 0) is 11.2 Å². The van der Waals surface area contributed by atoms with Crippen molar-refractivity contribution in [1.82, 2.24) is 5.16 Å². The second-order valence-corrected chi connectivity index (χ2v) is 5.24. The number of carbonyl (C=O) groups is 2. The summed E-state index contributed by atoms with van der Waals surface area (Å²) in [5, 5.41) is 7.20. The standard InChI is InChI=1S/C17H16N2O3/c1-3-6-15-16(10(2)19-22-15)18-13-9-14(20)17(21)12-8-5-4-7-11(12)13/h4-5,7-9,18H,3,6H2,1-2H3. The van der Waals surface area contributed by atoms with Crippen LogP contribution in [0.4, 0.5) is 5.69 Å². The minimum atomic E-state index is -0.521. The Labute approximate surface area is 128 Å². The van der Waals surface area contributed by atoms with Gasteiger partial charge >= 0.3 is 0 Å². The van der Waals surface area contributed by atoms with Crippen molar-refractivity contribution in [3.05, 3.63) is 52.9 Å². The van der Waals surface area contributed by atoms with Gasteiger partial charge in [0.05, 0.1) is 5.70 Å². The molecule has 5 nitrogen and oxygen atoms in total. The van der Waals surface area contributed by atoms with Crippen molar-refractivity contribution in [2.24, 2.45) is 0 Å². The van der Waals surface area contributed by atoms with Gasteiger partial charge in [0.2, 0.25) is 11.6 Å². The number of rotatable bonds is 4. The molecule has 1 aliphatic rings. The lowest BCUT2D eigenvalue weighted by Crippen LogP contribution is -2.21. The highest BCUT2D eigenvalue weighted by atomic mass is 16.5. The Kier molecular flexibility index (Phi) is 3.63. The third-order valence-corrected chi connectivity index (χ3v) is 3.63. The van der Waals surface area contributed by atoms with Crippen LogP contribution >= 0.6 is 0 Å². The Balaban J connectivity index is 2.02. The second kappa shape index (κ2) is 5.60. The lowest BCUT2D eigenvalue weighted by atomic mass is 9.92. The summed E-state index contributed by atoms with van der Waals surface area (Å²) in [4.78, 5) is 23.8. The summed E-state index contributed by atoms with van der Waals surface area (Å²) in [6.45, 7) is 3.90. The number of hydrogen-bond donors (Lipinski definition) is 1. The number of allylic oxidation sites excluding steroid dienone is 1. The maximum absolute atomic E-state index is 11.9. The van der Waals surface area contributed by atoms with Crippen LogP contribution in [0.1, 0.15) is 40.7 Å². The molecule has 1 aromatic carbocycles. The highest BCUT2D eigenvalue weighted by Gasteiger charge is 2.26. The maximum Gasteiger partial charge on any atom is 0.233 e. The first-order valence-electron chi connectivity index (χ1n) is 7.23. The molecule has 1 N–H and O–H groups in total. The van der Waals surface area contributed by atoms with E-state index in [0.717, 1.165) is 35.5 Å². The predicted molar refractivity (Wildman–Crippen MR) is 82.6 cm³/mol. The molecule has 0 unspecified atom stereocenters. The minimum absolute atomic E-state index is 0.420. The first kappa shape index (κ1) is 14.3. The normalized spacial score (nSPS) is 13.8. The van der Waals surface area contributed by atoms with Crippen LogP contribution in [0.25, 0.3) is 5.70 Å². The lowest BCUT2D eigenvalue weighted by molar-refractivity contribution is -0.111. The highest BCUT2D eigenvalue weighted by Crippen LogP contribution is 2.30. The fraction of sp³-hybridized carbons (Fsp3) is 0.235. The zero-order valence-corrected chi connectivity index (χ0v) is 12.5. The Morgan fingerprint density at radius 2 is 1.91 bits per heavy atom. The number of nitrogens with zero attached hydrogens (tertiary/aromatic N) is 1. The summed E-state index contributed by atoms with van der Waals surface area (Å²) >= 11 is 0. The third kappa shape index (κ3) is 2.35. The van der Waals surface area contributed by atoms with Gasteiger partial charge in [0.25, 0.3) is 0 Å². The van der Waals surface area contributed by atoms with E-state index in [1.54, 1.807) is 12.1 Å². The maximum atomic E-state index is 11.9. The number of aromatic nitrogens is 1. The van der Waals surface area contributed by atoms with Gasteiger partial charge in [0, 0.05) is 23.6 Å². The quantitative estimate of drug-likeness (QED) is 0.877. The van der Waals surface area contributed by atoms with E-state index < -0.39 is 11.6 Å². The predicted octanol–water partition coefficient (Wildman–Crippen LogP) is 3.15. The summed E-state index contributed by atoms with van der Waals surface area (Å²) in [5.74, 6) is -0.243. The van der Waals surface area contributed by atoms with Crippen molar-refractivity contribution in [2.75, 3.05) is 5.32 Å². The Bertz CT molecular complexity index is 787. The molecule has 1 heterocycles. The third-order valence-electron chi connectivity index (χ3n) is 3.63.